The van der Waals surface area contributed by atoms with Crippen molar-refractivity contribution in [3.05, 3.63) is 29.0 Å². The van der Waals surface area contributed by atoms with Crippen molar-refractivity contribution >= 4 is 22.6 Å². The molecule has 3 nitrogen and oxygen atoms in total. The largest absolute Gasteiger partial charge is 0.330 e. The third-order valence-electron chi connectivity index (χ3n) is 4.73. The standard InChI is InChI=1S/C17H24ClN3/c1-2-9-21-16-8-7-13(18)10-15(16)20-17(21)14-6-4-3-5-12(14)11-19/h7-8,10,12,14H,2-6,9,11,19H2,1H3. The van der Waals surface area contributed by atoms with Crippen molar-refractivity contribution in [2.45, 2.75) is 51.5 Å². The number of imidazole rings is 1. The average Bonchev–Trinajstić information content (AvgIpc) is 2.85. The van der Waals surface area contributed by atoms with Gasteiger partial charge in [0, 0.05) is 17.5 Å². The van der Waals surface area contributed by atoms with E-state index in [1.165, 1.54) is 37.0 Å². The molecule has 2 aromatic rings. The van der Waals surface area contributed by atoms with Gasteiger partial charge in [-0.3, -0.25) is 0 Å². The first-order chi connectivity index (χ1) is 10.2. The van der Waals surface area contributed by atoms with Crippen molar-refractivity contribution < 1.29 is 0 Å². The molecule has 0 bridgehead atoms. The Morgan fingerprint density at radius 3 is 2.90 bits per heavy atom. The highest BCUT2D eigenvalue weighted by Gasteiger charge is 2.29. The molecule has 2 N–H and O–H groups in total. The first-order valence-electron chi connectivity index (χ1n) is 8.10. The molecule has 1 aromatic carbocycles. The molecule has 0 amide bonds. The number of aromatic nitrogens is 2. The van der Waals surface area contributed by atoms with Gasteiger partial charge in [-0.05, 0) is 49.9 Å². The Balaban J connectivity index is 2.09. The molecule has 1 aromatic heterocycles. The number of hydrogen-bond acceptors (Lipinski definition) is 2. The molecule has 2 atom stereocenters. The second-order valence-corrected chi connectivity index (χ2v) is 6.58. The zero-order valence-electron chi connectivity index (χ0n) is 12.7. The molecule has 2 unspecified atom stereocenters. The van der Waals surface area contributed by atoms with Crippen LogP contribution < -0.4 is 5.73 Å². The Kier molecular flexibility index (Phi) is 4.51. The number of rotatable bonds is 4. The van der Waals surface area contributed by atoms with Crippen LogP contribution in [0.5, 0.6) is 0 Å². The Hall–Kier alpha value is -1.06. The van der Waals surface area contributed by atoms with Crippen LogP contribution in [0.15, 0.2) is 18.2 Å². The number of aryl methyl sites for hydroxylation is 1. The monoisotopic (exact) mass is 305 g/mol. The highest BCUT2D eigenvalue weighted by atomic mass is 35.5. The van der Waals surface area contributed by atoms with Crippen LogP contribution in [0, 0.1) is 5.92 Å². The molecule has 0 radical (unpaired) electrons. The lowest BCUT2D eigenvalue weighted by Crippen LogP contribution is -2.27. The van der Waals surface area contributed by atoms with Crippen LogP contribution in [0.4, 0.5) is 0 Å². The fourth-order valence-electron chi connectivity index (χ4n) is 3.69. The summed E-state index contributed by atoms with van der Waals surface area (Å²) in [6, 6.07) is 6.04. The van der Waals surface area contributed by atoms with Crippen LogP contribution in [0.2, 0.25) is 5.02 Å². The SMILES string of the molecule is CCCn1c(C2CCCCC2CN)nc2cc(Cl)ccc21. The Morgan fingerprint density at radius 2 is 2.14 bits per heavy atom. The van der Waals surface area contributed by atoms with E-state index >= 15 is 0 Å². The minimum Gasteiger partial charge on any atom is -0.330 e. The number of benzene rings is 1. The summed E-state index contributed by atoms with van der Waals surface area (Å²) in [6.45, 7) is 3.99. The molecule has 21 heavy (non-hydrogen) atoms. The summed E-state index contributed by atoms with van der Waals surface area (Å²) in [5.41, 5.74) is 8.24. The highest BCUT2D eigenvalue weighted by Crippen LogP contribution is 2.38. The second kappa shape index (κ2) is 6.37. The van der Waals surface area contributed by atoms with E-state index in [0.717, 1.165) is 30.0 Å². The number of nitrogens with two attached hydrogens (primary N) is 1. The average molecular weight is 306 g/mol. The first-order valence-corrected chi connectivity index (χ1v) is 8.48. The normalized spacial score (nSPS) is 22.8. The number of nitrogens with zero attached hydrogens (tertiary/aromatic N) is 2. The maximum Gasteiger partial charge on any atom is 0.113 e. The maximum atomic E-state index is 6.13. The number of fused-ring (bicyclic) bond motifs is 1. The number of hydrogen-bond donors (Lipinski definition) is 1. The van der Waals surface area contributed by atoms with E-state index in [0.29, 0.717) is 11.8 Å². The Bertz CT molecular complexity index is 620. The van der Waals surface area contributed by atoms with Crippen LogP contribution in [0.1, 0.15) is 50.8 Å². The smallest absolute Gasteiger partial charge is 0.113 e. The minimum absolute atomic E-state index is 0.501. The van der Waals surface area contributed by atoms with Crippen molar-refractivity contribution in [3.8, 4) is 0 Å². The van der Waals surface area contributed by atoms with E-state index in [1.807, 2.05) is 12.1 Å². The van der Waals surface area contributed by atoms with Gasteiger partial charge < -0.3 is 10.3 Å². The molecule has 4 heteroatoms. The molecule has 0 saturated heterocycles. The van der Waals surface area contributed by atoms with E-state index in [4.69, 9.17) is 22.3 Å². The zero-order chi connectivity index (χ0) is 14.8. The molecule has 1 saturated carbocycles. The van der Waals surface area contributed by atoms with Gasteiger partial charge >= 0.3 is 0 Å². The predicted octanol–water partition coefficient (Wildman–Crippen LogP) is 4.33. The summed E-state index contributed by atoms with van der Waals surface area (Å²) < 4.78 is 2.39. The quantitative estimate of drug-likeness (QED) is 0.913. The molecule has 1 aliphatic carbocycles. The van der Waals surface area contributed by atoms with Gasteiger partial charge in [-0.15, -0.1) is 0 Å². The van der Waals surface area contributed by atoms with E-state index in [9.17, 15) is 0 Å². The molecule has 0 aliphatic heterocycles. The van der Waals surface area contributed by atoms with E-state index in [-0.39, 0.29) is 0 Å². The van der Waals surface area contributed by atoms with E-state index in [1.54, 1.807) is 0 Å². The summed E-state index contributed by atoms with van der Waals surface area (Å²) in [6.07, 6.45) is 6.15. The lowest BCUT2D eigenvalue weighted by molar-refractivity contribution is 0.298. The van der Waals surface area contributed by atoms with Gasteiger partial charge in [0.2, 0.25) is 0 Å². The lowest BCUT2D eigenvalue weighted by atomic mass is 9.78. The zero-order valence-corrected chi connectivity index (χ0v) is 13.4. The fourth-order valence-corrected chi connectivity index (χ4v) is 3.86. The maximum absolute atomic E-state index is 6.13. The summed E-state index contributed by atoms with van der Waals surface area (Å²) in [5.74, 6) is 2.30. The van der Waals surface area contributed by atoms with Gasteiger partial charge in [-0.2, -0.15) is 0 Å². The molecular formula is C17H24ClN3. The van der Waals surface area contributed by atoms with Crippen molar-refractivity contribution in [1.29, 1.82) is 0 Å². The van der Waals surface area contributed by atoms with Crippen LogP contribution in [-0.2, 0) is 6.54 Å². The van der Waals surface area contributed by atoms with Crippen molar-refractivity contribution in [1.82, 2.24) is 9.55 Å². The molecule has 114 valence electrons. The molecular weight excluding hydrogens is 282 g/mol. The van der Waals surface area contributed by atoms with Crippen molar-refractivity contribution in [2.75, 3.05) is 6.54 Å². The molecule has 3 rings (SSSR count). The van der Waals surface area contributed by atoms with E-state index < -0.39 is 0 Å². The van der Waals surface area contributed by atoms with Crippen LogP contribution in [0.25, 0.3) is 11.0 Å². The van der Waals surface area contributed by atoms with Gasteiger partial charge in [0.25, 0.3) is 0 Å². The lowest BCUT2D eigenvalue weighted by Gasteiger charge is -2.30. The van der Waals surface area contributed by atoms with Crippen LogP contribution in [-0.4, -0.2) is 16.1 Å². The summed E-state index contributed by atoms with van der Waals surface area (Å²) in [7, 11) is 0. The van der Waals surface area contributed by atoms with Crippen LogP contribution in [0.3, 0.4) is 0 Å². The topological polar surface area (TPSA) is 43.8 Å². The van der Waals surface area contributed by atoms with Gasteiger partial charge in [0.1, 0.15) is 5.82 Å². The summed E-state index contributed by atoms with van der Waals surface area (Å²) >= 11 is 6.13. The third kappa shape index (κ3) is 2.82. The highest BCUT2D eigenvalue weighted by molar-refractivity contribution is 6.31. The summed E-state index contributed by atoms with van der Waals surface area (Å²) in [4.78, 5) is 4.94. The van der Waals surface area contributed by atoms with E-state index in [2.05, 4.69) is 17.6 Å². The Labute approximate surface area is 131 Å². The first kappa shape index (κ1) is 14.9. The third-order valence-corrected chi connectivity index (χ3v) is 4.97. The van der Waals surface area contributed by atoms with Gasteiger partial charge in [-0.1, -0.05) is 31.4 Å². The van der Waals surface area contributed by atoms with Crippen molar-refractivity contribution in [3.63, 3.8) is 0 Å². The summed E-state index contributed by atoms with van der Waals surface area (Å²) in [5, 5.41) is 0.759. The van der Waals surface area contributed by atoms with Crippen LogP contribution >= 0.6 is 11.6 Å². The van der Waals surface area contributed by atoms with Gasteiger partial charge in [-0.25, -0.2) is 4.98 Å². The van der Waals surface area contributed by atoms with Gasteiger partial charge in [0.15, 0.2) is 0 Å². The number of halogens is 1. The van der Waals surface area contributed by atoms with Crippen molar-refractivity contribution in [2.24, 2.45) is 11.7 Å². The molecule has 1 heterocycles. The predicted molar refractivity (Wildman–Crippen MR) is 88.8 cm³/mol. The molecule has 1 aliphatic rings. The fraction of sp³-hybridized carbons (Fsp3) is 0.588. The molecule has 1 fully saturated rings. The minimum atomic E-state index is 0.501. The second-order valence-electron chi connectivity index (χ2n) is 6.14. The van der Waals surface area contributed by atoms with Gasteiger partial charge in [0.05, 0.1) is 11.0 Å². The molecule has 0 spiro atoms. The Morgan fingerprint density at radius 1 is 1.33 bits per heavy atom.